The minimum Gasteiger partial charge on any atom is -0.314 e. The number of likely N-dealkylation sites (tertiary alicyclic amines) is 1. The van der Waals surface area contributed by atoms with E-state index in [0.29, 0.717) is 0 Å². The van der Waals surface area contributed by atoms with Gasteiger partial charge in [-0.15, -0.1) is 0 Å². The van der Waals surface area contributed by atoms with Crippen LogP contribution in [0.1, 0.15) is 52.4 Å². The number of nitrogens with one attached hydrogen (secondary N) is 1. The second-order valence-corrected chi connectivity index (χ2v) is 7.11. The summed E-state index contributed by atoms with van der Waals surface area (Å²) in [5, 5.41) is 4.60. The van der Waals surface area contributed by atoms with Crippen molar-refractivity contribution in [3.63, 3.8) is 0 Å². The summed E-state index contributed by atoms with van der Waals surface area (Å²) in [6.45, 7) is 7.20. The minimum atomic E-state index is 0.769. The van der Waals surface area contributed by atoms with Gasteiger partial charge in [-0.3, -0.25) is 4.90 Å². The topological polar surface area (TPSA) is 15.3 Å². The summed E-state index contributed by atoms with van der Waals surface area (Å²) >= 11 is 2.09. The van der Waals surface area contributed by atoms with E-state index in [1.165, 1.54) is 51.6 Å². The van der Waals surface area contributed by atoms with E-state index in [2.05, 4.69) is 42.1 Å². The fourth-order valence-corrected chi connectivity index (χ4v) is 4.79. The van der Waals surface area contributed by atoms with Gasteiger partial charge in [-0.1, -0.05) is 13.3 Å². The Bertz CT molecular complexity index is 247. The Kier molecular flexibility index (Phi) is 5.84. The summed E-state index contributed by atoms with van der Waals surface area (Å²) in [7, 11) is 0. The van der Waals surface area contributed by atoms with Crippen LogP contribution in [0.25, 0.3) is 0 Å². The lowest BCUT2D eigenvalue weighted by Crippen LogP contribution is -2.53. The van der Waals surface area contributed by atoms with E-state index in [1.54, 1.807) is 0 Å². The van der Waals surface area contributed by atoms with Crippen LogP contribution < -0.4 is 5.32 Å². The number of hydrogen-bond acceptors (Lipinski definition) is 3. The van der Waals surface area contributed by atoms with Crippen molar-refractivity contribution in [1.29, 1.82) is 0 Å². The fraction of sp³-hybridized carbons (Fsp3) is 1.00. The van der Waals surface area contributed by atoms with Crippen LogP contribution in [0.2, 0.25) is 0 Å². The largest absolute Gasteiger partial charge is 0.314 e. The molecule has 2 nitrogen and oxygen atoms in total. The average molecular weight is 270 g/mol. The van der Waals surface area contributed by atoms with Crippen molar-refractivity contribution in [1.82, 2.24) is 10.2 Å². The van der Waals surface area contributed by atoms with E-state index in [-0.39, 0.29) is 0 Å². The molecule has 1 aliphatic carbocycles. The summed E-state index contributed by atoms with van der Waals surface area (Å²) < 4.78 is 0. The van der Waals surface area contributed by atoms with Crippen LogP contribution in [0.5, 0.6) is 0 Å². The molecule has 2 rings (SSSR count). The van der Waals surface area contributed by atoms with Crippen LogP contribution in [0.4, 0.5) is 0 Å². The first-order valence-electron chi connectivity index (χ1n) is 7.78. The molecule has 106 valence electrons. The van der Waals surface area contributed by atoms with Gasteiger partial charge in [-0.05, 0) is 51.8 Å². The van der Waals surface area contributed by atoms with Crippen LogP contribution in [0.3, 0.4) is 0 Å². The maximum Gasteiger partial charge on any atom is 0.0217 e. The SMILES string of the molecule is CCCNC1CCN(C2CCCC2SC)C(C)C1. The monoisotopic (exact) mass is 270 g/mol. The Morgan fingerprint density at radius 1 is 1.28 bits per heavy atom. The van der Waals surface area contributed by atoms with Crippen LogP contribution in [0.15, 0.2) is 0 Å². The third kappa shape index (κ3) is 3.43. The number of thioether (sulfide) groups is 1. The van der Waals surface area contributed by atoms with Crippen molar-refractivity contribution in [2.45, 2.75) is 75.7 Å². The van der Waals surface area contributed by atoms with E-state index in [1.807, 2.05) is 0 Å². The lowest BCUT2D eigenvalue weighted by atomic mass is 9.95. The molecule has 4 atom stereocenters. The molecule has 1 heterocycles. The average Bonchev–Trinajstić information content (AvgIpc) is 2.84. The second kappa shape index (κ2) is 7.16. The van der Waals surface area contributed by atoms with Crippen molar-refractivity contribution in [3.8, 4) is 0 Å². The molecule has 1 saturated heterocycles. The van der Waals surface area contributed by atoms with Gasteiger partial charge in [0.15, 0.2) is 0 Å². The highest BCUT2D eigenvalue weighted by Crippen LogP contribution is 2.35. The van der Waals surface area contributed by atoms with Gasteiger partial charge in [0, 0.05) is 29.9 Å². The maximum atomic E-state index is 3.71. The second-order valence-electron chi connectivity index (χ2n) is 6.03. The lowest BCUT2D eigenvalue weighted by Gasteiger charge is -2.43. The van der Waals surface area contributed by atoms with Gasteiger partial charge in [0.25, 0.3) is 0 Å². The van der Waals surface area contributed by atoms with E-state index in [9.17, 15) is 0 Å². The van der Waals surface area contributed by atoms with E-state index in [0.717, 1.165) is 23.4 Å². The first-order valence-corrected chi connectivity index (χ1v) is 9.07. The molecule has 3 heteroatoms. The molecule has 0 aromatic carbocycles. The van der Waals surface area contributed by atoms with E-state index < -0.39 is 0 Å². The normalized spacial score (nSPS) is 38.2. The molecule has 2 fully saturated rings. The van der Waals surface area contributed by atoms with Gasteiger partial charge >= 0.3 is 0 Å². The minimum absolute atomic E-state index is 0.769. The van der Waals surface area contributed by atoms with Gasteiger partial charge in [0.2, 0.25) is 0 Å². The summed E-state index contributed by atoms with van der Waals surface area (Å²) in [6.07, 6.45) is 10.6. The first kappa shape index (κ1) is 14.7. The number of nitrogens with zero attached hydrogens (tertiary/aromatic N) is 1. The van der Waals surface area contributed by atoms with E-state index >= 15 is 0 Å². The highest BCUT2D eigenvalue weighted by atomic mass is 32.2. The van der Waals surface area contributed by atoms with Gasteiger partial charge in [-0.2, -0.15) is 11.8 Å². The zero-order valence-corrected chi connectivity index (χ0v) is 13.1. The van der Waals surface area contributed by atoms with Crippen molar-refractivity contribution in [2.24, 2.45) is 0 Å². The molecule has 1 aliphatic heterocycles. The quantitative estimate of drug-likeness (QED) is 0.826. The number of rotatable bonds is 5. The Morgan fingerprint density at radius 2 is 2.11 bits per heavy atom. The fourth-order valence-electron chi connectivity index (χ4n) is 3.78. The lowest BCUT2D eigenvalue weighted by molar-refractivity contribution is 0.0925. The van der Waals surface area contributed by atoms with Crippen LogP contribution in [-0.2, 0) is 0 Å². The standard InChI is InChI=1S/C15H30N2S/c1-4-9-16-13-8-10-17(12(2)11-13)14-6-5-7-15(14)18-3/h12-16H,4-11H2,1-3H3. The first-order chi connectivity index (χ1) is 8.76. The van der Waals surface area contributed by atoms with Gasteiger partial charge in [-0.25, -0.2) is 0 Å². The number of piperidine rings is 1. The summed E-state index contributed by atoms with van der Waals surface area (Å²) in [6, 6.07) is 2.40. The Labute approximate surface area is 117 Å². The molecule has 1 N–H and O–H groups in total. The van der Waals surface area contributed by atoms with Crippen molar-refractivity contribution < 1.29 is 0 Å². The van der Waals surface area contributed by atoms with E-state index in [4.69, 9.17) is 0 Å². The molecule has 0 aromatic heterocycles. The van der Waals surface area contributed by atoms with Gasteiger partial charge in [0.05, 0.1) is 0 Å². The third-order valence-corrected chi connectivity index (χ3v) is 5.91. The summed E-state index contributed by atoms with van der Waals surface area (Å²) in [4.78, 5) is 2.82. The molecule has 0 aromatic rings. The summed E-state index contributed by atoms with van der Waals surface area (Å²) in [5.41, 5.74) is 0. The van der Waals surface area contributed by atoms with Crippen LogP contribution in [-0.4, -0.2) is 47.6 Å². The maximum absolute atomic E-state index is 3.71. The molecular formula is C15H30N2S. The molecular weight excluding hydrogens is 240 g/mol. The molecule has 4 unspecified atom stereocenters. The molecule has 18 heavy (non-hydrogen) atoms. The number of hydrogen-bond donors (Lipinski definition) is 1. The predicted octanol–water partition coefficient (Wildman–Crippen LogP) is 3.12. The highest BCUT2D eigenvalue weighted by molar-refractivity contribution is 7.99. The van der Waals surface area contributed by atoms with Crippen molar-refractivity contribution >= 4 is 11.8 Å². The summed E-state index contributed by atoms with van der Waals surface area (Å²) in [5.74, 6) is 0. The van der Waals surface area contributed by atoms with Gasteiger partial charge in [0.1, 0.15) is 0 Å². The van der Waals surface area contributed by atoms with Gasteiger partial charge < -0.3 is 5.32 Å². The molecule has 0 spiro atoms. The van der Waals surface area contributed by atoms with Crippen LogP contribution >= 0.6 is 11.8 Å². The molecule has 0 bridgehead atoms. The van der Waals surface area contributed by atoms with Crippen molar-refractivity contribution in [2.75, 3.05) is 19.3 Å². The molecule has 0 amide bonds. The van der Waals surface area contributed by atoms with Crippen LogP contribution in [0, 0.1) is 0 Å². The smallest absolute Gasteiger partial charge is 0.0217 e. The third-order valence-electron chi connectivity index (χ3n) is 4.76. The Hall–Kier alpha value is 0.270. The van der Waals surface area contributed by atoms with Crippen molar-refractivity contribution in [3.05, 3.63) is 0 Å². The molecule has 0 radical (unpaired) electrons. The zero-order valence-electron chi connectivity index (χ0n) is 12.3. The molecule has 1 saturated carbocycles. The molecule has 2 aliphatic rings. The predicted molar refractivity (Wildman–Crippen MR) is 82.4 cm³/mol. The Morgan fingerprint density at radius 3 is 2.78 bits per heavy atom. The Balaban J connectivity index is 1.85. The zero-order chi connectivity index (χ0) is 13.0. The highest BCUT2D eigenvalue weighted by Gasteiger charge is 2.36.